The van der Waals surface area contributed by atoms with Gasteiger partial charge in [0.2, 0.25) is 0 Å². The summed E-state index contributed by atoms with van der Waals surface area (Å²) in [6.45, 7) is 24.1. The molecule has 0 atom stereocenters. The van der Waals surface area contributed by atoms with Gasteiger partial charge >= 0.3 is 0 Å². The quantitative estimate of drug-likeness (QED) is 0.193. The van der Waals surface area contributed by atoms with Gasteiger partial charge in [0.1, 0.15) is 5.75 Å². The summed E-state index contributed by atoms with van der Waals surface area (Å²) in [6, 6.07) is 10.5. The first-order chi connectivity index (χ1) is 13.8. The van der Waals surface area contributed by atoms with Crippen LogP contribution in [0.15, 0.2) is 35.3 Å². The van der Waals surface area contributed by atoms with Crippen LogP contribution in [0.25, 0.3) is 0 Å². The van der Waals surface area contributed by atoms with Crippen molar-refractivity contribution >= 4 is 19.8 Å². The van der Waals surface area contributed by atoms with Gasteiger partial charge < -0.3 is 12.5 Å². The first-order valence-corrected chi connectivity index (χ1v) is 14.0. The first-order valence-electron chi connectivity index (χ1n) is 11.0. The van der Waals surface area contributed by atoms with Crippen molar-refractivity contribution in [2.75, 3.05) is 20.0 Å². The molecule has 32 heavy (non-hydrogen) atoms. The third-order valence-electron chi connectivity index (χ3n) is 4.87. The fourth-order valence-electron chi connectivity index (χ4n) is 3.13. The van der Waals surface area contributed by atoms with Crippen LogP contribution < -0.4 is 0 Å². The van der Waals surface area contributed by atoms with Crippen molar-refractivity contribution in [1.29, 1.82) is 0 Å². The Hall–Kier alpha value is -1.17. The monoisotopic (exact) mass is 501 g/mol. The Kier molecular flexibility index (Phi) is 14.6. The van der Waals surface area contributed by atoms with Gasteiger partial charge in [0, 0.05) is 48.3 Å². The molecular formula is C28H46NNiOP. The number of aryl methyl sites for hydroxylation is 1. The van der Waals surface area contributed by atoms with E-state index in [1.165, 1.54) is 16.7 Å². The van der Waals surface area contributed by atoms with Crippen LogP contribution in [0.4, 0.5) is 5.69 Å². The molecule has 0 bridgehead atoms. The van der Waals surface area contributed by atoms with Crippen molar-refractivity contribution in [3.8, 4) is 5.75 Å². The summed E-state index contributed by atoms with van der Waals surface area (Å²) < 4.78 is 0. The van der Waals surface area contributed by atoms with Gasteiger partial charge in [-0.15, -0.1) is 0 Å². The molecule has 184 valence electrons. The van der Waals surface area contributed by atoms with Crippen LogP contribution in [-0.4, -0.2) is 31.3 Å². The Morgan fingerprint density at radius 1 is 0.938 bits per heavy atom. The number of hydrogen-bond donors (Lipinski definition) is 1. The number of aliphatic imine (C=N–C) groups is 1. The molecule has 0 saturated carbocycles. The zero-order valence-electron chi connectivity index (χ0n) is 22.3. The minimum absolute atomic E-state index is 0. The summed E-state index contributed by atoms with van der Waals surface area (Å²) in [6.07, 6.45) is 1.82. The molecular weight excluding hydrogens is 456 g/mol. The standard InChI is InChI=1S/C24H33NO.C3H9P.CH3.Ni/c1-15(2)20-10-9-11-21(16(3)4)22(20)25-14-18-13-19(24(6,7)8)12-17(5)23(18)26;1-4(2)3;;/h9-16,26H,1-8H3;1-3H3;1H3;/q;;-1;/p+1. The van der Waals surface area contributed by atoms with Gasteiger partial charge in [0.15, 0.2) is 0 Å². The van der Waals surface area contributed by atoms with E-state index in [1.807, 2.05) is 13.1 Å². The predicted octanol–water partition coefficient (Wildman–Crippen LogP) is 8.53. The van der Waals surface area contributed by atoms with Gasteiger partial charge in [-0.3, -0.25) is 4.99 Å². The van der Waals surface area contributed by atoms with E-state index in [0.717, 1.165) is 16.8 Å². The van der Waals surface area contributed by atoms with Crippen LogP contribution in [0.5, 0.6) is 5.75 Å². The molecule has 2 aromatic carbocycles. The van der Waals surface area contributed by atoms with E-state index >= 15 is 0 Å². The normalized spacial score (nSPS) is 11.3. The Morgan fingerprint density at radius 2 is 1.38 bits per heavy atom. The third kappa shape index (κ3) is 9.76. The molecule has 0 fully saturated rings. The van der Waals surface area contributed by atoms with Crippen LogP contribution in [0, 0.1) is 14.4 Å². The summed E-state index contributed by atoms with van der Waals surface area (Å²) in [7, 11) is 0.120. The van der Waals surface area contributed by atoms with Crippen molar-refractivity contribution in [3.05, 3.63) is 65.6 Å². The molecule has 0 heterocycles. The molecule has 0 aromatic heterocycles. The number of nitrogens with zero attached hydrogens (tertiary/aromatic N) is 1. The fourth-order valence-corrected chi connectivity index (χ4v) is 3.13. The molecule has 0 radical (unpaired) electrons. The fraction of sp³-hybridized carbons (Fsp3) is 0.500. The molecule has 0 amide bonds. The SMILES string of the molecule is C[PH+](C)C.Cc1cc(C(C)(C)C)cc(C=Nc2c(C(C)C)cccc2C(C)C)c1O.[CH3-].[Ni]. The second-order valence-corrected chi connectivity index (χ2v) is 13.3. The van der Waals surface area contributed by atoms with Crippen molar-refractivity contribution in [2.24, 2.45) is 4.99 Å². The second kappa shape index (κ2) is 14.2. The maximum atomic E-state index is 10.5. The molecule has 0 spiro atoms. The van der Waals surface area contributed by atoms with Crippen LogP contribution in [0.3, 0.4) is 0 Å². The molecule has 2 aromatic rings. The minimum Gasteiger partial charge on any atom is -0.507 e. The van der Waals surface area contributed by atoms with Gasteiger partial charge in [-0.1, -0.05) is 72.7 Å². The molecule has 0 unspecified atom stereocenters. The molecule has 0 aliphatic heterocycles. The topological polar surface area (TPSA) is 32.6 Å². The van der Waals surface area contributed by atoms with Gasteiger partial charge in [-0.2, -0.15) is 0 Å². The zero-order valence-corrected chi connectivity index (χ0v) is 24.3. The molecule has 1 N–H and O–H groups in total. The van der Waals surface area contributed by atoms with Crippen LogP contribution in [0.1, 0.15) is 88.1 Å². The maximum Gasteiger partial charge on any atom is 0.127 e. The van der Waals surface area contributed by atoms with E-state index in [1.54, 1.807) is 0 Å². The van der Waals surface area contributed by atoms with Gasteiger partial charge in [0.25, 0.3) is 0 Å². The predicted molar refractivity (Wildman–Crippen MR) is 146 cm³/mol. The van der Waals surface area contributed by atoms with Gasteiger partial charge in [-0.05, 0) is 60.4 Å². The van der Waals surface area contributed by atoms with Crippen LogP contribution in [-0.2, 0) is 21.9 Å². The summed E-state index contributed by atoms with van der Waals surface area (Å²) in [4.78, 5) is 4.86. The van der Waals surface area contributed by atoms with E-state index in [4.69, 9.17) is 4.99 Å². The summed E-state index contributed by atoms with van der Waals surface area (Å²) >= 11 is 0. The molecule has 0 saturated heterocycles. The maximum absolute atomic E-state index is 10.5. The van der Waals surface area contributed by atoms with Crippen molar-refractivity contribution in [2.45, 2.75) is 72.6 Å². The second-order valence-electron chi connectivity index (χ2n) is 10.3. The molecule has 4 heteroatoms. The summed E-state index contributed by atoms with van der Waals surface area (Å²) in [5, 5.41) is 10.5. The minimum atomic E-state index is 0. The summed E-state index contributed by atoms with van der Waals surface area (Å²) in [5.41, 5.74) is 6.43. The molecule has 0 aliphatic carbocycles. The number of rotatable bonds is 4. The average Bonchev–Trinajstić information content (AvgIpc) is 2.60. The van der Waals surface area contributed by atoms with E-state index in [-0.39, 0.29) is 37.3 Å². The molecule has 2 rings (SSSR count). The third-order valence-corrected chi connectivity index (χ3v) is 4.87. The smallest absolute Gasteiger partial charge is 0.127 e. The van der Waals surface area contributed by atoms with Gasteiger partial charge in [-0.25, -0.2) is 0 Å². The van der Waals surface area contributed by atoms with E-state index in [9.17, 15) is 5.11 Å². The van der Waals surface area contributed by atoms with E-state index in [0.29, 0.717) is 17.6 Å². The molecule has 2 nitrogen and oxygen atoms in total. The number of hydrogen-bond acceptors (Lipinski definition) is 2. The first kappa shape index (κ1) is 33.0. The number of para-hydroxylation sites is 1. The Bertz CT molecular complexity index is 835. The molecule has 0 aliphatic rings. The van der Waals surface area contributed by atoms with Crippen molar-refractivity contribution in [3.63, 3.8) is 0 Å². The van der Waals surface area contributed by atoms with Crippen LogP contribution >= 0.6 is 7.92 Å². The van der Waals surface area contributed by atoms with E-state index < -0.39 is 0 Å². The van der Waals surface area contributed by atoms with Crippen molar-refractivity contribution in [1.82, 2.24) is 0 Å². The number of aromatic hydroxyl groups is 1. The van der Waals surface area contributed by atoms with E-state index in [2.05, 4.69) is 98.8 Å². The Labute approximate surface area is 210 Å². The van der Waals surface area contributed by atoms with Crippen LogP contribution in [0.2, 0.25) is 0 Å². The van der Waals surface area contributed by atoms with Gasteiger partial charge in [0.05, 0.1) is 5.69 Å². The summed E-state index contributed by atoms with van der Waals surface area (Å²) in [5.74, 6) is 1.11. The number of phenolic OH excluding ortho intramolecular Hbond substituents is 1. The average molecular weight is 502 g/mol. The number of benzene rings is 2. The van der Waals surface area contributed by atoms with Crippen molar-refractivity contribution < 1.29 is 21.6 Å². The zero-order chi connectivity index (χ0) is 23.2. The Morgan fingerprint density at radius 3 is 1.75 bits per heavy atom. The number of phenols is 1. The largest absolute Gasteiger partial charge is 0.507 e. The Balaban J connectivity index is 0.